The SMILES string of the molecule is COc1ccc([C@@H]2CCCCN(C(=O)c3ccc(F)c(F)c3F)C2)cc1. The van der Waals surface area contributed by atoms with Crippen LogP contribution in [-0.2, 0) is 0 Å². The largest absolute Gasteiger partial charge is 0.497 e. The zero-order valence-electron chi connectivity index (χ0n) is 14.5. The molecule has 1 amide bonds. The lowest BCUT2D eigenvalue weighted by atomic mass is 9.94. The molecule has 0 radical (unpaired) electrons. The van der Waals surface area contributed by atoms with Crippen molar-refractivity contribution in [2.24, 2.45) is 0 Å². The first-order chi connectivity index (χ1) is 12.5. The minimum absolute atomic E-state index is 0.0979. The van der Waals surface area contributed by atoms with E-state index < -0.39 is 28.9 Å². The number of rotatable bonds is 3. The van der Waals surface area contributed by atoms with Gasteiger partial charge in [0, 0.05) is 19.0 Å². The van der Waals surface area contributed by atoms with Gasteiger partial charge < -0.3 is 9.64 Å². The van der Waals surface area contributed by atoms with Gasteiger partial charge in [-0.15, -0.1) is 0 Å². The smallest absolute Gasteiger partial charge is 0.256 e. The van der Waals surface area contributed by atoms with Crippen molar-refractivity contribution >= 4 is 5.91 Å². The van der Waals surface area contributed by atoms with E-state index in [1.165, 1.54) is 4.90 Å². The Labute approximate surface area is 150 Å². The normalized spacial score (nSPS) is 17.7. The quantitative estimate of drug-likeness (QED) is 0.751. The van der Waals surface area contributed by atoms with Crippen molar-refractivity contribution in [2.45, 2.75) is 25.2 Å². The number of halogens is 3. The molecule has 1 fully saturated rings. The van der Waals surface area contributed by atoms with Crippen molar-refractivity contribution in [3.05, 3.63) is 65.0 Å². The summed E-state index contributed by atoms with van der Waals surface area (Å²) in [5.74, 6) is -4.11. The molecule has 2 aromatic carbocycles. The molecule has 0 saturated carbocycles. The first-order valence-corrected chi connectivity index (χ1v) is 8.58. The average Bonchev–Trinajstić information content (AvgIpc) is 2.92. The van der Waals surface area contributed by atoms with Gasteiger partial charge in [0.05, 0.1) is 12.7 Å². The fourth-order valence-electron chi connectivity index (χ4n) is 3.34. The zero-order valence-corrected chi connectivity index (χ0v) is 14.5. The Kier molecular flexibility index (Phi) is 5.49. The first kappa shape index (κ1) is 18.3. The summed E-state index contributed by atoms with van der Waals surface area (Å²) in [4.78, 5) is 14.2. The highest BCUT2D eigenvalue weighted by atomic mass is 19.2. The van der Waals surface area contributed by atoms with Crippen LogP contribution in [0.15, 0.2) is 36.4 Å². The Morgan fingerprint density at radius 1 is 1.04 bits per heavy atom. The molecule has 1 aliphatic heterocycles. The van der Waals surface area contributed by atoms with Gasteiger partial charge in [-0.1, -0.05) is 18.6 Å². The number of hydrogen-bond acceptors (Lipinski definition) is 2. The monoisotopic (exact) mass is 363 g/mol. The summed E-state index contributed by atoms with van der Waals surface area (Å²) in [6.45, 7) is 0.869. The molecule has 0 aromatic heterocycles. The van der Waals surface area contributed by atoms with E-state index in [1.54, 1.807) is 7.11 Å². The van der Waals surface area contributed by atoms with Gasteiger partial charge in [-0.25, -0.2) is 13.2 Å². The molecule has 26 heavy (non-hydrogen) atoms. The Morgan fingerprint density at radius 3 is 2.46 bits per heavy atom. The number of amides is 1. The van der Waals surface area contributed by atoms with Crippen LogP contribution in [0.25, 0.3) is 0 Å². The predicted molar refractivity (Wildman–Crippen MR) is 91.8 cm³/mol. The maximum absolute atomic E-state index is 14.0. The second-order valence-electron chi connectivity index (χ2n) is 6.44. The average molecular weight is 363 g/mol. The number of ether oxygens (including phenoxy) is 1. The number of carbonyl (C=O) groups is 1. The Balaban J connectivity index is 1.82. The molecule has 0 N–H and O–H groups in total. The van der Waals surface area contributed by atoms with Crippen LogP contribution in [0.3, 0.4) is 0 Å². The van der Waals surface area contributed by atoms with E-state index in [-0.39, 0.29) is 5.92 Å². The molecule has 3 nitrogen and oxygen atoms in total. The lowest BCUT2D eigenvalue weighted by Gasteiger charge is -2.25. The second kappa shape index (κ2) is 7.81. The molecule has 1 atom stereocenters. The molecule has 0 spiro atoms. The summed E-state index contributed by atoms with van der Waals surface area (Å²) in [5.41, 5.74) is 0.635. The highest BCUT2D eigenvalue weighted by molar-refractivity contribution is 5.94. The Bertz CT molecular complexity index is 792. The van der Waals surface area contributed by atoms with Crippen LogP contribution in [0.4, 0.5) is 13.2 Å². The van der Waals surface area contributed by atoms with Gasteiger partial charge >= 0.3 is 0 Å². The maximum atomic E-state index is 14.0. The fraction of sp³-hybridized carbons (Fsp3) is 0.350. The maximum Gasteiger partial charge on any atom is 0.256 e. The third-order valence-electron chi connectivity index (χ3n) is 4.81. The van der Waals surface area contributed by atoms with Crippen LogP contribution in [-0.4, -0.2) is 31.0 Å². The molecular weight excluding hydrogens is 343 g/mol. The molecule has 138 valence electrons. The minimum Gasteiger partial charge on any atom is -0.497 e. The lowest BCUT2D eigenvalue weighted by molar-refractivity contribution is 0.0748. The van der Waals surface area contributed by atoms with Crippen molar-refractivity contribution < 1.29 is 22.7 Å². The lowest BCUT2D eigenvalue weighted by Crippen LogP contribution is -2.34. The van der Waals surface area contributed by atoms with E-state index in [0.29, 0.717) is 13.1 Å². The summed E-state index contributed by atoms with van der Waals surface area (Å²) in [5, 5.41) is 0. The Morgan fingerprint density at radius 2 is 1.77 bits per heavy atom. The van der Waals surface area contributed by atoms with Gasteiger partial charge in [-0.05, 0) is 42.7 Å². The van der Waals surface area contributed by atoms with Gasteiger partial charge in [-0.3, -0.25) is 4.79 Å². The Hall–Kier alpha value is -2.50. The number of likely N-dealkylation sites (tertiary alicyclic amines) is 1. The highest BCUT2D eigenvalue weighted by Crippen LogP contribution is 2.29. The fourth-order valence-corrected chi connectivity index (χ4v) is 3.34. The standard InChI is InChI=1S/C20H20F3NO2/c1-26-15-7-5-13(6-8-15)14-4-2-3-11-24(12-14)20(25)16-9-10-17(21)19(23)18(16)22/h5-10,14H,2-4,11-12H2,1H3/t14-/m1/s1. The molecular formula is C20H20F3NO2. The number of hydrogen-bond donors (Lipinski definition) is 0. The van der Waals surface area contributed by atoms with Crippen molar-refractivity contribution in [2.75, 3.05) is 20.2 Å². The molecule has 2 aromatic rings. The molecule has 3 rings (SSSR count). The van der Waals surface area contributed by atoms with Gasteiger partial charge in [0.15, 0.2) is 17.5 Å². The molecule has 0 bridgehead atoms. The van der Waals surface area contributed by atoms with E-state index >= 15 is 0 Å². The van der Waals surface area contributed by atoms with Crippen molar-refractivity contribution in [3.63, 3.8) is 0 Å². The highest BCUT2D eigenvalue weighted by Gasteiger charge is 2.27. The molecule has 1 aliphatic rings. The van der Waals surface area contributed by atoms with Crippen LogP contribution < -0.4 is 4.74 Å². The van der Waals surface area contributed by atoms with Crippen LogP contribution in [0.5, 0.6) is 5.75 Å². The topological polar surface area (TPSA) is 29.5 Å². The number of benzene rings is 2. The van der Waals surface area contributed by atoms with Crippen molar-refractivity contribution in [1.29, 1.82) is 0 Å². The van der Waals surface area contributed by atoms with Gasteiger partial charge in [-0.2, -0.15) is 0 Å². The van der Waals surface area contributed by atoms with Crippen LogP contribution >= 0.6 is 0 Å². The summed E-state index contributed by atoms with van der Waals surface area (Å²) in [7, 11) is 1.59. The van der Waals surface area contributed by atoms with Gasteiger partial charge in [0.1, 0.15) is 5.75 Å². The molecule has 6 heteroatoms. The predicted octanol–water partition coefficient (Wildman–Crippen LogP) is 4.52. The van der Waals surface area contributed by atoms with Crippen molar-refractivity contribution in [1.82, 2.24) is 4.90 Å². The van der Waals surface area contributed by atoms with Crippen molar-refractivity contribution in [3.8, 4) is 5.75 Å². The molecule has 1 saturated heterocycles. The minimum atomic E-state index is -1.61. The van der Waals surface area contributed by atoms with E-state index in [0.717, 1.165) is 42.7 Å². The van der Waals surface area contributed by atoms with Crippen LogP contribution in [0.1, 0.15) is 41.1 Å². The number of methoxy groups -OCH3 is 1. The number of carbonyl (C=O) groups excluding carboxylic acids is 1. The van der Waals surface area contributed by atoms with E-state index in [4.69, 9.17) is 4.74 Å². The van der Waals surface area contributed by atoms with Gasteiger partial charge in [0.2, 0.25) is 0 Å². The zero-order chi connectivity index (χ0) is 18.7. The van der Waals surface area contributed by atoms with E-state index in [2.05, 4.69) is 0 Å². The summed E-state index contributed by atoms with van der Waals surface area (Å²) in [6.07, 6.45) is 2.61. The van der Waals surface area contributed by atoms with Crippen LogP contribution in [0.2, 0.25) is 0 Å². The molecule has 0 unspecified atom stereocenters. The summed E-state index contributed by atoms with van der Waals surface area (Å²) < 4.78 is 45.8. The van der Waals surface area contributed by atoms with Gasteiger partial charge in [0.25, 0.3) is 5.91 Å². The summed E-state index contributed by atoms with van der Waals surface area (Å²) in [6, 6.07) is 9.42. The van der Waals surface area contributed by atoms with E-state index in [1.807, 2.05) is 24.3 Å². The second-order valence-corrected chi connectivity index (χ2v) is 6.44. The molecule has 0 aliphatic carbocycles. The third kappa shape index (κ3) is 3.69. The molecule has 1 heterocycles. The third-order valence-corrected chi connectivity index (χ3v) is 4.81. The first-order valence-electron chi connectivity index (χ1n) is 8.58. The number of nitrogens with zero attached hydrogens (tertiary/aromatic N) is 1. The van der Waals surface area contributed by atoms with Crippen LogP contribution in [0, 0.1) is 17.5 Å². The summed E-state index contributed by atoms with van der Waals surface area (Å²) >= 11 is 0. The van der Waals surface area contributed by atoms with E-state index in [9.17, 15) is 18.0 Å².